The molecule has 1 aromatic carbocycles. The Bertz CT molecular complexity index is 698. The molecule has 2 aromatic rings. The third-order valence-corrected chi connectivity index (χ3v) is 4.62. The number of nitrogens with one attached hydrogen (secondary N) is 2. The molecule has 2 heterocycles. The number of aromatic nitrogens is 1. The Hall–Kier alpha value is -1.81. The highest BCUT2D eigenvalue weighted by atomic mass is 16.1. The molecular weight excluding hydrogens is 262 g/mol. The van der Waals surface area contributed by atoms with Gasteiger partial charge < -0.3 is 15.2 Å². The lowest BCUT2D eigenvalue weighted by Gasteiger charge is -2.27. The fourth-order valence-electron chi connectivity index (χ4n) is 3.33. The van der Waals surface area contributed by atoms with Crippen molar-refractivity contribution >= 4 is 16.6 Å². The van der Waals surface area contributed by atoms with Crippen molar-refractivity contribution in [2.24, 2.45) is 0 Å². The van der Waals surface area contributed by atoms with E-state index in [-0.39, 0.29) is 5.56 Å². The van der Waals surface area contributed by atoms with E-state index in [2.05, 4.69) is 21.3 Å². The van der Waals surface area contributed by atoms with Gasteiger partial charge in [0.1, 0.15) is 5.82 Å². The number of benzene rings is 1. The minimum atomic E-state index is 0.0214. The van der Waals surface area contributed by atoms with Gasteiger partial charge in [-0.05, 0) is 49.7 Å². The summed E-state index contributed by atoms with van der Waals surface area (Å²) in [7, 11) is 0. The summed E-state index contributed by atoms with van der Waals surface area (Å²) in [6.45, 7) is 2.12. The van der Waals surface area contributed by atoms with E-state index in [1.54, 1.807) is 0 Å². The SMILES string of the molecule is O=c1[nH]c(N(CC2CCCN2)C2CC2)cc2ccccc12. The molecule has 1 saturated carbocycles. The summed E-state index contributed by atoms with van der Waals surface area (Å²) < 4.78 is 0. The van der Waals surface area contributed by atoms with Crippen LogP contribution in [0.2, 0.25) is 0 Å². The summed E-state index contributed by atoms with van der Waals surface area (Å²) in [6, 6.07) is 11.1. The molecule has 1 atom stereocenters. The molecule has 1 saturated heterocycles. The number of fused-ring (bicyclic) bond motifs is 1. The van der Waals surface area contributed by atoms with Gasteiger partial charge >= 0.3 is 0 Å². The maximum atomic E-state index is 12.3. The number of hydrogen-bond donors (Lipinski definition) is 2. The summed E-state index contributed by atoms with van der Waals surface area (Å²) in [5.74, 6) is 0.981. The molecule has 4 heteroatoms. The molecule has 2 aliphatic rings. The Morgan fingerprint density at radius 1 is 1.19 bits per heavy atom. The van der Waals surface area contributed by atoms with E-state index < -0.39 is 0 Å². The lowest BCUT2D eigenvalue weighted by molar-refractivity contribution is 0.575. The number of aromatic amines is 1. The highest BCUT2D eigenvalue weighted by Gasteiger charge is 2.32. The first kappa shape index (κ1) is 12.9. The second kappa shape index (κ2) is 5.19. The minimum Gasteiger partial charge on any atom is -0.354 e. The quantitative estimate of drug-likeness (QED) is 0.905. The first-order chi connectivity index (χ1) is 10.3. The fraction of sp³-hybridized carbons (Fsp3) is 0.471. The van der Waals surface area contributed by atoms with Crippen molar-refractivity contribution in [1.82, 2.24) is 10.3 Å². The second-order valence-corrected chi connectivity index (χ2v) is 6.25. The molecule has 2 fully saturated rings. The summed E-state index contributed by atoms with van der Waals surface area (Å²) in [5.41, 5.74) is 0.0214. The maximum absolute atomic E-state index is 12.3. The average molecular weight is 283 g/mol. The van der Waals surface area contributed by atoms with Crippen LogP contribution in [0, 0.1) is 0 Å². The molecule has 0 spiro atoms. The Kier molecular flexibility index (Phi) is 3.19. The average Bonchev–Trinajstić information content (AvgIpc) is 3.21. The van der Waals surface area contributed by atoms with Gasteiger partial charge in [0.05, 0.1) is 0 Å². The minimum absolute atomic E-state index is 0.0214. The molecule has 4 rings (SSSR count). The Labute approximate surface area is 124 Å². The van der Waals surface area contributed by atoms with Crippen LogP contribution < -0.4 is 15.8 Å². The van der Waals surface area contributed by atoms with Gasteiger partial charge in [-0.15, -0.1) is 0 Å². The lowest BCUT2D eigenvalue weighted by Crippen LogP contribution is -2.39. The van der Waals surface area contributed by atoms with E-state index in [1.165, 1.54) is 25.7 Å². The van der Waals surface area contributed by atoms with Gasteiger partial charge in [0, 0.05) is 24.0 Å². The topological polar surface area (TPSA) is 48.1 Å². The predicted molar refractivity (Wildman–Crippen MR) is 86.0 cm³/mol. The molecule has 0 radical (unpaired) electrons. The molecule has 1 aliphatic carbocycles. The van der Waals surface area contributed by atoms with Crippen molar-refractivity contribution in [3.63, 3.8) is 0 Å². The van der Waals surface area contributed by atoms with Crippen molar-refractivity contribution < 1.29 is 0 Å². The first-order valence-electron chi connectivity index (χ1n) is 7.93. The normalized spacial score (nSPS) is 21.8. The van der Waals surface area contributed by atoms with Crippen LogP contribution >= 0.6 is 0 Å². The van der Waals surface area contributed by atoms with Crippen molar-refractivity contribution in [2.75, 3.05) is 18.0 Å². The highest BCUT2D eigenvalue weighted by molar-refractivity contribution is 5.83. The van der Waals surface area contributed by atoms with Crippen LogP contribution in [0.4, 0.5) is 5.82 Å². The van der Waals surface area contributed by atoms with Crippen LogP contribution in [0.1, 0.15) is 25.7 Å². The largest absolute Gasteiger partial charge is 0.354 e. The van der Waals surface area contributed by atoms with Gasteiger partial charge in [-0.25, -0.2) is 0 Å². The first-order valence-corrected chi connectivity index (χ1v) is 7.93. The van der Waals surface area contributed by atoms with E-state index in [1.807, 2.05) is 24.3 Å². The number of nitrogens with zero attached hydrogens (tertiary/aromatic N) is 1. The Morgan fingerprint density at radius 2 is 2.05 bits per heavy atom. The van der Waals surface area contributed by atoms with Crippen LogP contribution in [0.25, 0.3) is 10.8 Å². The van der Waals surface area contributed by atoms with E-state index in [0.29, 0.717) is 12.1 Å². The van der Waals surface area contributed by atoms with E-state index in [4.69, 9.17) is 0 Å². The summed E-state index contributed by atoms with van der Waals surface area (Å²) in [4.78, 5) is 17.8. The zero-order chi connectivity index (χ0) is 14.2. The van der Waals surface area contributed by atoms with Gasteiger partial charge in [-0.1, -0.05) is 18.2 Å². The smallest absolute Gasteiger partial charge is 0.257 e. The van der Waals surface area contributed by atoms with Gasteiger partial charge in [-0.2, -0.15) is 0 Å². The van der Waals surface area contributed by atoms with E-state index in [0.717, 1.165) is 29.7 Å². The van der Waals surface area contributed by atoms with Crippen molar-refractivity contribution in [1.29, 1.82) is 0 Å². The van der Waals surface area contributed by atoms with Crippen LogP contribution in [-0.2, 0) is 0 Å². The molecule has 0 bridgehead atoms. The fourth-order valence-corrected chi connectivity index (χ4v) is 3.33. The lowest BCUT2D eigenvalue weighted by atomic mass is 10.1. The van der Waals surface area contributed by atoms with Gasteiger partial charge in [0.2, 0.25) is 0 Å². The molecule has 110 valence electrons. The molecule has 21 heavy (non-hydrogen) atoms. The number of pyridine rings is 1. The number of anilines is 1. The van der Waals surface area contributed by atoms with Crippen molar-refractivity contribution in [3.8, 4) is 0 Å². The van der Waals surface area contributed by atoms with Crippen molar-refractivity contribution in [3.05, 3.63) is 40.7 Å². The van der Waals surface area contributed by atoms with Gasteiger partial charge in [0.15, 0.2) is 0 Å². The Balaban J connectivity index is 1.70. The molecule has 1 aromatic heterocycles. The monoisotopic (exact) mass is 283 g/mol. The number of hydrogen-bond acceptors (Lipinski definition) is 3. The predicted octanol–water partition coefficient (Wildman–Crippen LogP) is 2.25. The molecule has 1 unspecified atom stereocenters. The van der Waals surface area contributed by atoms with Crippen LogP contribution in [-0.4, -0.2) is 30.2 Å². The summed E-state index contributed by atoms with van der Waals surface area (Å²) in [6.07, 6.45) is 4.97. The molecule has 0 amide bonds. The number of rotatable bonds is 4. The van der Waals surface area contributed by atoms with Gasteiger partial charge in [-0.3, -0.25) is 4.79 Å². The van der Waals surface area contributed by atoms with E-state index in [9.17, 15) is 4.79 Å². The Morgan fingerprint density at radius 3 is 2.81 bits per heavy atom. The second-order valence-electron chi connectivity index (χ2n) is 6.25. The van der Waals surface area contributed by atoms with Crippen LogP contribution in [0.5, 0.6) is 0 Å². The van der Waals surface area contributed by atoms with Crippen molar-refractivity contribution in [2.45, 2.75) is 37.8 Å². The maximum Gasteiger partial charge on any atom is 0.257 e. The highest BCUT2D eigenvalue weighted by Crippen LogP contribution is 2.31. The summed E-state index contributed by atoms with van der Waals surface area (Å²) in [5, 5.41) is 5.36. The van der Waals surface area contributed by atoms with Crippen LogP contribution in [0.3, 0.4) is 0 Å². The van der Waals surface area contributed by atoms with Gasteiger partial charge in [0.25, 0.3) is 5.56 Å². The molecule has 4 nitrogen and oxygen atoms in total. The third-order valence-electron chi connectivity index (χ3n) is 4.62. The molecule has 2 N–H and O–H groups in total. The molecular formula is C17H21N3O. The molecule has 1 aliphatic heterocycles. The third kappa shape index (κ3) is 2.56. The standard InChI is InChI=1S/C17H21N3O/c21-17-15-6-2-1-4-12(15)10-16(19-17)20(14-7-8-14)11-13-5-3-9-18-13/h1-2,4,6,10,13-14,18H,3,5,7-9,11H2,(H,19,21). The summed E-state index contributed by atoms with van der Waals surface area (Å²) >= 11 is 0. The van der Waals surface area contributed by atoms with Crippen LogP contribution in [0.15, 0.2) is 35.1 Å². The zero-order valence-corrected chi connectivity index (χ0v) is 12.1. The zero-order valence-electron chi connectivity index (χ0n) is 12.1. The number of H-pyrrole nitrogens is 1. The van der Waals surface area contributed by atoms with E-state index >= 15 is 0 Å².